The summed E-state index contributed by atoms with van der Waals surface area (Å²) in [7, 11) is 1.94. The van der Waals surface area contributed by atoms with Crippen LogP contribution in [0.2, 0.25) is 0 Å². The molecule has 10 heavy (non-hydrogen) atoms. The van der Waals surface area contributed by atoms with Gasteiger partial charge < -0.3 is 10.6 Å². The number of hydrogen-bond donors (Lipinski definition) is 1. The first-order valence-electron chi connectivity index (χ1n) is 3.76. The van der Waals surface area contributed by atoms with Gasteiger partial charge in [0, 0.05) is 12.5 Å². The molecule has 3 heteroatoms. The molecule has 0 amide bonds. The molecule has 0 bridgehead atoms. The largest absolute Gasteiger partial charge is 0.330 e. The third-order valence-electron chi connectivity index (χ3n) is 2.18. The maximum atomic E-state index is 13.0. The van der Waals surface area contributed by atoms with Gasteiger partial charge in [0.1, 0.15) is 6.17 Å². The Bertz CT molecular complexity index is 108. The van der Waals surface area contributed by atoms with Gasteiger partial charge in [-0.15, -0.1) is 0 Å². The van der Waals surface area contributed by atoms with Crippen LogP contribution in [0.15, 0.2) is 0 Å². The van der Waals surface area contributed by atoms with Crippen LogP contribution in [0.5, 0.6) is 0 Å². The Balaban J connectivity index is 2.36. The van der Waals surface area contributed by atoms with Crippen molar-refractivity contribution in [2.24, 2.45) is 11.7 Å². The molecule has 1 heterocycles. The summed E-state index contributed by atoms with van der Waals surface area (Å²) >= 11 is 0. The Morgan fingerprint density at radius 3 is 2.90 bits per heavy atom. The normalized spacial score (nSPS) is 36.3. The molecule has 2 nitrogen and oxygen atoms in total. The lowest BCUT2D eigenvalue weighted by molar-refractivity contribution is 0.107. The third-order valence-corrected chi connectivity index (χ3v) is 2.18. The molecule has 0 unspecified atom stereocenters. The summed E-state index contributed by atoms with van der Waals surface area (Å²) in [6, 6.07) is 0. The monoisotopic (exact) mass is 146 g/mol. The van der Waals surface area contributed by atoms with Crippen LogP contribution in [0.25, 0.3) is 0 Å². The second kappa shape index (κ2) is 3.30. The molecule has 1 aliphatic heterocycles. The molecule has 0 aromatic heterocycles. The van der Waals surface area contributed by atoms with E-state index in [4.69, 9.17) is 5.73 Å². The molecular formula is C7H15FN2. The SMILES string of the molecule is CN1CC[C@H](CN)[C@H](F)C1. The van der Waals surface area contributed by atoms with Crippen molar-refractivity contribution in [1.29, 1.82) is 0 Å². The first kappa shape index (κ1) is 7.95. The van der Waals surface area contributed by atoms with Crippen molar-refractivity contribution < 1.29 is 4.39 Å². The lowest BCUT2D eigenvalue weighted by Gasteiger charge is -2.31. The molecular weight excluding hydrogens is 131 g/mol. The smallest absolute Gasteiger partial charge is 0.117 e. The summed E-state index contributed by atoms with van der Waals surface area (Å²) in [5.41, 5.74) is 5.38. The van der Waals surface area contributed by atoms with Crippen molar-refractivity contribution in [2.75, 3.05) is 26.7 Å². The summed E-state index contributed by atoms with van der Waals surface area (Å²) < 4.78 is 13.0. The zero-order valence-electron chi connectivity index (χ0n) is 6.39. The van der Waals surface area contributed by atoms with E-state index in [2.05, 4.69) is 0 Å². The van der Waals surface area contributed by atoms with Crippen molar-refractivity contribution in [3.05, 3.63) is 0 Å². The van der Waals surface area contributed by atoms with Crippen LogP contribution in [0, 0.1) is 5.92 Å². The van der Waals surface area contributed by atoms with E-state index in [0.29, 0.717) is 13.1 Å². The van der Waals surface area contributed by atoms with Crippen LogP contribution in [0.4, 0.5) is 4.39 Å². The Labute approximate surface area is 61.2 Å². The van der Waals surface area contributed by atoms with Crippen molar-refractivity contribution in [1.82, 2.24) is 4.90 Å². The van der Waals surface area contributed by atoms with Gasteiger partial charge in [0.25, 0.3) is 0 Å². The number of halogens is 1. The molecule has 0 radical (unpaired) electrons. The first-order chi connectivity index (χ1) is 4.74. The minimum Gasteiger partial charge on any atom is -0.330 e. The van der Waals surface area contributed by atoms with Crippen molar-refractivity contribution in [3.63, 3.8) is 0 Å². The van der Waals surface area contributed by atoms with Gasteiger partial charge in [-0.25, -0.2) is 4.39 Å². The summed E-state index contributed by atoms with van der Waals surface area (Å²) in [6.07, 6.45) is 0.206. The predicted molar refractivity (Wildman–Crippen MR) is 39.6 cm³/mol. The lowest BCUT2D eigenvalue weighted by Crippen LogP contribution is -2.42. The van der Waals surface area contributed by atoms with Gasteiger partial charge in [0.05, 0.1) is 0 Å². The standard InChI is InChI=1S/C7H15FN2/c1-10-3-2-6(4-9)7(8)5-10/h6-7H,2-5,9H2,1H3/t6-,7-/m1/s1. The number of piperidine rings is 1. The Kier molecular flexibility index (Phi) is 2.63. The van der Waals surface area contributed by atoms with E-state index in [1.54, 1.807) is 0 Å². The molecule has 0 saturated carbocycles. The van der Waals surface area contributed by atoms with E-state index in [0.717, 1.165) is 13.0 Å². The highest BCUT2D eigenvalue weighted by Gasteiger charge is 2.25. The summed E-state index contributed by atoms with van der Waals surface area (Å²) in [4.78, 5) is 2.01. The fourth-order valence-electron chi connectivity index (χ4n) is 1.37. The average molecular weight is 146 g/mol. The molecule has 0 aromatic rings. The molecule has 1 fully saturated rings. The second-order valence-electron chi connectivity index (χ2n) is 3.06. The van der Waals surface area contributed by atoms with Gasteiger partial charge in [-0.1, -0.05) is 0 Å². The van der Waals surface area contributed by atoms with Gasteiger partial charge >= 0.3 is 0 Å². The van der Waals surface area contributed by atoms with Gasteiger partial charge in [0.2, 0.25) is 0 Å². The highest BCUT2D eigenvalue weighted by molar-refractivity contribution is 4.78. The Morgan fingerprint density at radius 1 is 1.70 bits per heavy atom. The van der Waals surface area contributed by atoms with Crippen molar-refractivity contribution >= 4 is 0 Å². The number of nitrogens with zero attached hydrogens (tertiary/aromatic N) is 1. The van der Waals surface area contributed by atoms with Crippen molar-refractivity contribution in [3.8, 4) is 0 Å². The zero-order chi connectivity index (χ0) is 7.56. The van der Waals surface area contributed by atoms with Gasteiger partial charge in [0.15, 0.2) is 0 Å². The summed E-state index contributed by atoms with van der Waals surface area (Å²) in [5, 5.41) is 0. The third kappa shape index (κ3) is 1.67. The van der Waals surface area contributed by atoms with Crippen LogP contribution in [0.1, 0.15) is 6.42 Å². The minimum atomic E-state index is -0.705. The zero-order valence-corrected chi connectivity index (χ0v) is 6.39. The van der Waals surface area contributed by atoms with Crippen molar-refractivity contribution in [2.45, 2.75) is 12.6 Å². The molecule has 60 valence electrons. The number of nitrogens with two attached hydrogens (primary N) is 1. The maximum Gasteiger partial charge on any atom is 0.117 e. The molecule has 2 N–H and O–H groups in total. The summed E-state index contributed by atoms with van der Waals surface area (Å²) in [5.74, 6) is 0.108. The lowest BCUT2D eigenvalue weighted by atomic mass is 9.96. The summed E-state index contributed by atoms with van der Waals surface area (Å²) in [6.45, 7) is 2.04. The first-order valence-corrected chi connectivity index (χ1v) is 3.76. The number of hydrogen-bond acceptors (Lipinski definition) is 2. The number of likely N-dealkylation sites (tertiary alicyclic amines) is 1. The molecule has 1 saturated heterocycles. The van der Waals surface area contributed by atoms with Crippen LogP contribution < -0.4 is 5.73 Å². The van der Waals surface area contributed by atoms with E-state index in [1.807, 2.05) is 11.9 Å². The molecule has 0 aliphatic carbocycles. The molecule has 2 atom stereocenters. The average Bonchev–Trinajstić information content (AvgIpc) is 1.88. The van der Waals surface area contributed by atoms with E-state index in [1.165, 1.54) is 0 Å². The Morgan fingerprint density at radius 2 is 2.40 bits per heavy atom. The highest BCUT2D eigenvalue weighted by atomic mass is 19.1. The van der Waals surface area contributed by atoms with Crippen LogP contribution >= 0.6 is 0 Å². The van der Waals surface area contributed by atoms with Gasteiger partial charge in [-0.05, 0) is 26.6 Å². The predicted octanol–water partition coefficient (Wildman–Crippen LogP) is 0.235. The van der Waals surface area contributed by atoms with E-state index in [9.17, 15) is 4.39 Å². The van der Waals surface area contributed by atoms with E-state index in [-0.39, 0.29) is 5.92 Å². The van der Waals surface area contributed by atoms with E-state index < -0.39 is 6.17 Å². The highest BCUT2D eigenvalue weighted by Crippen LogP contribution is 2.17. The van der Waals surface area contributed by atoms with Gasteiger partial charge in [-0.3, -0.25) is 0 Å². The molecule has 0 aromatic carbocycles. The van der Waals surface area contributed by atoms with Gasteiger partial charge in [-0.2, -0.15) is 0 Å². The van der Waals surface area contributed by atoms with Crippen LogP contribution in [-0.2, 0) is 0 Å². The van der Waals surface area contributed by atoms with E-state index >= 15 is 0 Å². The topological polar surface area (TPSA) is 29.3 Å². The van der Waals surface area contributed by atoms with Crippen LogP contribution in [0.3, 0.4) is 0 Å². The molecule has 1 aliphatic rings. The quantitative estimate of drug-likeness (QED) is 0.574. The molecule has 0 spiro atoms. The van der Waals surface area contributed by atoms with Crippen LogP contribution in [-0.4, -0.2) is 37.8 Å². The fourth-order valence-corrected chi connectivity index (χ4v) is 1.37. The minimum absolute atomic E-state index is 0.108. The number of rotatable bonds is 1. The molecule has 1 rings (SSSR count). The fraction of sp³-hybridized carbons (Fsp3) is 1.00. The second-order valence-corrected chi connectivity index (χ2v) is 3.06. The maximum absolute atomic E-state index is 13.0. The number of alkyl halides is 1. The Hall–Kier alpha value is -0.150.